The Morgan fingerprint density at radius 1 is 0.944 bits per heavy atom. The van der Waals surface area contributed by atoms with Crippen LogP contribution in [0.25, 0.3) is 6.08 Å². The molecule has 0 aliphatic heterocycles. The van der Waals surface area contributed by atoms with Crippen LogP contribution in [0.4, 0.5) is 5.69 Å². The van der Waals surface area contributed by atoms with E-state index >= 15 is 0 Å². The van der Waals surface area contributed by atoms with Gasteiger partial charge >= 0.3 is 0 Å². The van der Waals surface area contributed by atoms with Crippen molar-refractivity contribution in [2.45, 2.75) is 6.92 Å². The van der Waals surface area contributed by atoms with E-state index in [0.29, 0.717) is 0 Å². The van der Waals surface area contributed by atoms with Crippen LogP contribution >= 0.6 is 0 Å². The number of nitrogens with zero attached hydrogens (tertiary/aromatic N) is 1. The molecular formula is C16H16N2. The van der Waals surface area contributed by atoms with Crippen molar-refractivity contribution < 1.29 is 0 Å². The minimum absolute atomic E-state index is 0.933. The summed E-state index contributed by atoms with van der Waals surface area (Å²) in [5.41, 5.74) is 6.11. The molecule has 0 saturated carbocycles. The van der Waals surface area contributed by atoms with Crippen LogP contribution in [0, 0.1) is 0 Å². The van der Waals surface area contributed by atoms with Crippen LogP contribution in [0.2, 0.25) is 0 Å². The molecule has 0 bridgehead atoms. The number of allylic oxidation sites excluding steroid dienone is 1. The van der Waals surface area contributed by atoms with E-state index in [9.17, 15) is 0 Å². The van der Waals surface area contributed by atoms with Crippen LogP contribution in [-0.2, 0) is 0 Å². The predicted molar refractivity (Wildman–Crippen MR) is 78.6 cm³/mol. The van der Waals surface area contributed by atoms with Gasteiger partial charge in [0.1, 0.15) is 0 Å². The van der Waals surface area contributed by atoms with Gasteiger partial charge in [-0.3, -0.25) is 5.43 Å². The molecule has 0 fully saturated rings. The van der Waals surface area contributed by atoms with Gasteiger partial charge in [-0.15, -0.1) is 0 Å². The van der Waals surface area contributed by atoms with Gasteiger partial charge in [0.2, 0.25) is 0 Å². The van der Waals surface area contributed by atoms with Crippen LogP contribution in [0.15, 0.2) is 71.8 Å². The van der Waals surface area contributed by atoms with Gasteiger partial charge in [0, 0.05) is 0 Å². The molecule has 0 unspecified atom stereocenters. The summed E-state index contributed by atoms with van der Waals surface area (Å²) >= 11 is 0. The lowest BCUT2D eigenvalue weighted by Gasteiger charge is -1.99. The zero-order chi connectivity index (χ0) is 12.6. The van der Waals surface area contributed by atoms with Gasteiger partial charge in [-0.2, -0.15) is 5.10 Å². The molecule has 2 heteroatoms. The number of benzene rings is 2. The molecule has 0 aromatic heterocycles. The SMILES string of the molecule is CC(/C=C\c1ccccc1)=N/Nc1ccccc1. The molecular weight excluding hydrogens is 220 g/mol. The van der Waals surface area contributed by atoms with Gasteiger partial charge in [0.15, 0.2) is 0 Å². The molecule has 0 aliphatic carbocycles. The van der Waals surface area contributed by atoms with E-state index in [1.807, 2.05) is 67.6 Å². The lowest BCUT2D eigenvalue weighted by molar-refractivity contribution is 1.33. The smallest absolute Gasteiger partial charge is 0.0576 e. The van der Waals surface area contributed by atoms with Crippen molar-refractivity contribution in [3.8, 4) is 0 Å². The van der Waals surface area contributed by atoms with Crippen LogP contribution in [-0.4, -0.2) is 5.71 Å². The molecule has 0 aliphatic rings. The fourth-order valence-electron chi connectivity index (χ4n) is 1.48. The maximum absolute atomic E-state index is 4.29. The summed E-state index contributed by atoms with van der Waals surface area (Å²) in [6.07, 6.45) is 4.04. The van der Waals surface area contributed by atoms with Crippen LogP contribution in [0.5, 0.6) is 0 Å². The van der Waals surface area contributed by atoms with Crippen molar-refractivity contribution >= 4 is 17.5 Å². The summed E-state index contributed by atoms with van der Waals surface area (Å²) in [5.74, 6) is 0. The highest BCUT2D eigenvalue weighted by molar-refractivity contribution is 5.96. The molecule has 2 nitrogen and oxygen atoms in total. The summed E-state index contributed by atoms with van der Waals surface area (Å²) in [5, 5.41) is 4.29. The third-order valence-electron chi connectivity index (χ3n) is 2.45. The van der Waals surface area contributed by atoms with E-state index in [4.69, 9.17) is 0 Å². The standard InChI is InChI=1S/C16H16N2/c1-14(12-13-15-8-4-2-5-9-15)17-18-16-10-6-3-7-11-16/h2-13,18H,1H3/b13-12-,17-14-. The molecule has 0 heterocycles. The summed E-state index contributed by atoms with van der Waals surface area (Å²) in [6.45, 7) is 1.97. The molecule has 2 rings (SSSR count). The van der Waals surface area contributed by atoms with E-state index < -0.39 is 0 Å². The highest BCUT2D eigenvalue weighted by Crippen LogP contribution is 2.05. The third-order valence-corrected chi connectivity index (χ3v) is 2.45. The van der Waals surface area contributed by atoms with Crippen molar-refractivity contribution in [1.29, 1.82) is 0 Å². The molecule has 2 aromatic carbocycles. The van der Waals surface area contributed by atoms with Crippen molar-refractivity contribution in [2.24, 2.45) is 5.10 Å². The molecule has 1 N–H and O–H groups in total. The first kappa shape index (κ1) is 12.1. The van der Waals surface area contributed by atoms with Gasteiger partial charge in [0.25, 0.3) is 0 Å². The Hall–Kier alpha value is -2.35. The van der Waals surface area contributed by atoms with E-state index in [0.717, 1.165) is 11.4 Å². The quantitative estimate of drug-likeness (QED) is 0.624. The van der Waals surface area contributed by atoms with E-state index in [1.165, 1.54) is 5.56 Å². The minimum atomic E-state index is 0.933. The number of para-hydroxylation sites is 1. The van der Waals surface area contributed by atoms with Crippen molar-refractivity contribution in [3.63, 3.8) is 0 Å². The maximum Gasteiger partial charge on any atom is 0.0576 e. The second-order valence-corrected chi connectivity index (χ2v) is 3.98. The number of hydrogen-bond donors (Lipinski definition) is 1. The van der Waals surface area contributed by atoms with E-state index in [1.54, 1.807) is 0 Å². The second kappa shape index (κ2) is 6.40. The molecule has 0 saturated heterocycles. The van der Waals surface area contributed by atoms with Crippen molar-refractivity contribution in [2.75, 3.05) is 5.43 Å². The van der Waals surface area contributed by atoms with Gasteiger partial charge in [0.05, 0.1) is 11.4 Å². The number of anilines is 1. The highest BCUT2D eigenvalue weighted by Gasteiger charge is 1.88. The molecule has 0 amide bonds. The van der Waals surface area contributed by atoms with Crippen LogP contribution in [0.1, 0.15) is 12.5 Å². The van der Waals surface area contributed by atoms with Gasteiger partial charge in [-0.25, -0.2) is 0 Å². The number of hydrogen-bond acceptors (Lipinski definition) is 2. The zero-order valence-corrected chi connectivity index (χ0v) is 10.4. The second-order valence-electron chi connectivity index (χ2n) is 3.98. The highest BCUT2D eigenvalue weighted by atomic mass is 15.3. The monoisotopic (exact) mass is 236 g/mol. The number of nitrogens with one attached hydrogen (secondary N) is 1. The summed E-state index contributed by atoms with van der Waals surface area (Å²) in [6, 6.07) is 20.1. The normalized spacial score (nSPS) is 11.7. The summed E-state index contributed by atoms with van der Waals surface area (Å²) in [4.78, 5) is 0. The van der Waals surface area contributed by atoms with Gasteiger partial charge in [-0.05, 0) is 30.7 Å². The first-order chi connectivity index (χ1) is 8.84. The molecule has 0 radical (unpaired) electrons. The number of hydrazone groups is 1. The predicted octanol–water partition coefficient (Wildman–Crippen LogP) is 4.19. The molecule has 90 valence electrons. The largest absolute Gasteiger partial charge is 0.278 e. The molecule has 2 aromatic rings. The van der Waals surface area contributed by atoms with Crippen molar-refractivity contribution in [3.05, 3.63) is 72.3 Å². The summed E-state index contributed by atoms with van der Waals surface area (Å²) in [7, 11) is 0. The topological polar surface area (TPSA) is 24.4 Å². The van der Waals surface area contributed by atoms with Crippen molar-refractivity contribution in [1.82, 2.24) is 0 Å². The average Bonchev–Trinajstić information content (AvgIpc) is 2.45. The van der Waals surface area contributed by atoms with Crippen LogP contribution in [0.3, 0.4) is 0 Å². The van der Waals surface area contributed by atoms with Gasteiger partial charge in [-0.1, -0.05) is 54.6 Å². The number of rotatable bonds is 4. The molecule has 0 atom stereocenters. The fraction of sp³-hybridized carbons (Fsp3) is 0.0625. The first-order valence-electron chi connectivity index (χ1n) is 5.93. The summed E-state index contributed by atoms with van der Waals surface area (Å²) < 4.78 is 0. The Kier molecular flexibility index (Phi) is 4.31. The third kappa shape index (κ3) is 3.91. The minimum Gasteiger partial charge on any atom is -0.278 e. The zero-order valence-electron chi connectivity index (χ0n) is 10.4. The Morgan fingerprint density at radius 3 is 2.22 bits per heavy atom. The Bertz CT molecular complexity index is 528. The Balaban J connectivity index is 1.96. The fourth-order valence-corrected chi connectivity index (χ4v) is 1.48. The Morgan fingerprint density at radius 2 is 1.56 bits per heavy atom. The van der Waals surface area contributed by atoms with E-state index in [-0.39, 0.29) is 0 Å². The Labute approximate surface area is 108 Å². The van der Waals surface area contributed by atoms with Crippen LogP contribution < -0.4 is 5.43 Å². The van der Waals surface area contributed by atoms with E-state index in [2.05, 4.69) is 22.7 Å². The maximum atomic E-state index is 4.29. The van der Waals surface area contributed by atoms with Gasteiger partial charge < -0.3 is 0 Å². The average molecular weight is 236 g/mol. The molecule has 0 spiro atoms. The molecule has 18 heavy (non-hydrogen) atoms. The lowest BCUT2D eigenvalue weighted by atomic mass is 10.2. The lowest BCUT2D eigenvalue weighted by Crippen LogP contribution is -1.93. The first-order valence-corrected chi connectivity index (χ1v) is 5.93.